The summed E-state index contributed by atoms with van der Waals surface area (Å²) in [4.78, 5) is 4.83. The number of aromatic nitrogens is 1. The zero-order chi connectivity index (χ0) is 15.1. The average molecular weight is 304 g/mol. The summed E-state index contributed by atoms with van der Waals surface area (Å²) in [6, 6.07) is 10.7. The Balaban J connectivity index is 2.23. The first kappa shape index (κ1) is 16.3. The van der Waals surface area contributed by atoms with Crippen LogP contribution in [0, 0.1) is 0 Å². The summed E-state index contributed by atoms with van der Waals surface area (Å²) in [6.07, 6.45) is 2.91. The molecule has 0 fully saturated rings. The molecule has 0 amide bonds. The SMILES string of the molecule is CCC(N)Cc1cc2ccccc2nc1SCCCOC. The predicted octanol–water partition coefficient (Wildman–Crippen LogP) is 3.64. The molecule has 0 saturated heterocycles. The number of rotatable bonds is 8. The Morgan fingerprint density at radius 2 is 2.14 bits per heavy atom. The molecule has 0 radical (unpaired) electrons. The maximum Gasteiger partial charge on any atom is 0.1000 e. The minimum Gasteiger partial charge on any atom is -0.385 e. The van der Waals surface area contributed by atoms with Crippen LogP contribution in [0.2, 0.25) is 0 Å². The van der Waals surface area contributed by atoms with Crippen molar-refractivity contribution in [1.82, 2.24) is 4.98 Å². The molecule has 1 aromatic carbocycles. The normalized spacial score (nSPS) is 12.7. The van der Waals surface area contributed by atoms with E-state index in [9.17, 15) is 0 Å². The smallest absolute Gasteiger partial charge is 0.1000 e. The number of ether oxygens (including phenoxy) is 1. The Bertz CT molecular complexity index is 574. The third kappa shape index (κ3) is 4.70. The molecule has 114 valence electrons. The van der Waals surface area contributed by atoms with Crippen molar-refractivity contribution in [3.8, 4) is 0 Å². The van der Waals surface area contributed by atoms with Gasteiger partial charge in [0.2, 0.25) is 0 Å². The van der Waals surface area contributed by atoms with Crippen LogP contribution in [0.15, 0.2) is 35.4 Å². The van der Waals surface area contributed by atoms with Crippen LogP contribution in [0.4, 0.5) is 0 Å². The number of fused-ring (bicyclic) bond motifs is 1. The summed E-state index contributed by atoms with van der Waals surface area (Å²) >= 11 is 1.81. The molecule has 2 rings (SSSR count). The summed E-state index contributed by atoms with van der Waals surface area (Å²) in [5.74, 6) is 1.02. The average Bonchev–Trinajstić information content (AvgIpc) is 2.51. The lowest BCUT2D eigenvalue weighted by molar-refractivity contribution is 0.200. The number of para-hydroxylation sites is 1. The summed E-state index contributed by atoms with van der Waals surface area (Å²) in [5.41, 5.74) is 8.46. The van der Waals surface area contributed by atoms with Crippen molar-refractivity contribution in [2.45, 2.75) is 37.3 Å². The highest BCUT2D eigenvalue weighted by atomic mass is 32.2. The van der Waals surface area contributed by atoms with Gasteiger partial charge in [-0.2, -0.15) is 0 Å². The zero-order valence-electron chi connectivity index (χ0n) is 12.8. The van der Waals surface area contributed by atoms with Crippen LogP contribution in [0.1, 0.15) is 25.3 Å². The van der Waals surface area contributed by atoms with E-state index in [1.54, 1.807) is 7.11 Å². The fourth-order valence-corrected chi connectivity index (χ4v) is 3.16. The molecule has 1 atom stereocenters. The van der Waals surface area contributed by atoms with Gasteiger partial charge < -0.3 is 10.5 Å². The maximum atomic E-state index is 6.14. The second kappa shape index (κ2) is 8.37. The van der Waals surface area contributed by atoms with Gasteiger partial charge in [0, 0.05) is 30.9 Å². The molecule has 0 aliphatic heterocycles. The number of thioether (sulfide) groups is 1. The third-order valence-electron chi connectivity index (χ3n) is 3.50. The van der Waals surface area contributed by atoms with Crippen LogP contribution in [-0.2, 0) is 11.2 Å². The molecule has 0 bridgehead atoms. The fourth-order valence-electron chi connectivity index (χ4n) is 2.21. The molecule has 2 aromatic rings. The topological polar surface area (TPSA) is 48.1 Å². The van der Waals surface area contributed by atoms with E-state index in [0.29, 0.717) is 0 Å². The van der Waals surface area contributed by atoms with Crippen molar-refractivity contribution in [2.75, 3.05) is 19.5 Å². The molecule has 1 aromatic heterocycles. The molecular weight excluding hydrogens is 280 g/mol. The molecule has 4 heteroatoms. The molecule has 0 aliphatic rings. The summed E-state index contributed by atoms with van der Waals surface area (Å²) < 4.78 is 5.11. The zero-order valence-corrected chi connectivity index (χ0v) is 13.7. The number of pyridine rings is 1. The van der Waals surface area contributed by atoms with Crippen LogP contribution >= 0.6 is 11.8 Å². The van der Waals surface area contributed by atoms with Gasteiger partial charge in [-0.15, -0.1) is 11.8 Å². The predicted molar refractivity (Wildman–Crippen MR) is 90.9 cm³/mol. The quantitative estimate of drug-likeness (QED) is 0.597. The monoisotopic (exact) mass is 304 g/mol. The highest BCUT2D eigenvalue weighted by molar-refractivity contribution is 7.99. The van der Waals surface area contributed by atoms with Gasteiger partial charge in [0.25, 0.3) is 0 Å². The van der Waals surface area contributed by atoms with Crippen molar-refractivity contribution in [3.05, 3.63) is 35.9 Å². The highest BCUT2D eigenvalue weighted by Crippen LogP contribution is 2.26. The number of hydrogen-bond donors (Lipinski definition) is 1. The Morgan fingerprint density at radius 3 is 2.90 bits per heavy atom. The van der Waals surface area contributed by atoms with Gasteiger partial charge >= 0.3 is 0 Å². The molecule has 1 unspecified atom stereocenters. The van der Waals surface area contributed by atoms with E-state index in [1.807, 2.05) is 17.8 Å². The second-order valence-corrected chi connectivity index (χ2v) is 6.30. The van der Waals surface area contributed by atoms with Crippen LogP contribution < -0.4 is 5.73 Å². The number of nitrogens with zero attached hydrogens (tertiary/aromatic N) is 1. The number of nitrogens with two attached hydrogens (primary N) is 1. The van der Waals surface area contributed by atoms with Gasteiger partial charge in [-0.05, 0) is 37.0 Å². The van der Waals surface area contributed by atoms with Crippen molar-refractivity contribution in [2.24, 2.45) is 5.73 Å². The lowest BCUT2D eigenvalue weighted by atomic mass is 10.0. The third-order valence-corrected chi connectivity index (χ3v) is 4.62. The molecule has 0 spiro atoms. The van der Waals surface area contributed by atoms with Crippen molar-refractivity contribution in [3.63, 3.8) is 0 Å². The minimum atomic E-state index is 0.200. The van der Waals surface area contributed by atoms with E-state index in [1.165, 1.54) is 10.9 Å². The van der Waals surface area contributed by atoms with Crippen molar-refractivity contribution >= 4 is 22.7 Å². The second-order valence-electron chi connectivity index (χ2n) is 5.21. The van der Waals surface area contributed by atoms with E-state index < -0.39 is 0 Å². The number of benzene rings is 1. The molecule has 2 N–H and O–H groups in total. The highest BCUT2D eigenvalue weighted by Gasteiger charge is 2.10. The van der Waals surface area contributed by atoms with Gasteiger partial charge in [0.05, 0.1) is 10.5 Å². The minimum absolute atomic E-state index is 0.200. The van der Waals surface area contributed by atoms with Gasteiger partial charge in [-0.1, -0.05) is 25.1 Å². The first-order chi connectivity index (χ1) is 10.2. The molecule has 1 heterocycles. The summed E-state index contributed by atoms with van der Waals surface area (Å²) in [6.45, 7) is 2.93. The fraction of sp³-hybridized carbons (Fsp3) is 0.471. The van der Waals surface area contributed by atoms with Gasteiger partial charge in [0.1, 0.15) is 0 Å². The molecule has 21 heavy (non-hydrogen) atoms. The van der Waals surface area contributed by atoms with Crippen LogP contribution in [0.3, 0.4) is 0 Å². The summed E-state index contributed by atoms with van der Waals surface area (Å²) in [7, 11) is 1.74. The first-order valence-corrected chi connectivity index (χ1v) is 8.49. The van der Waals surface area contributed by atoms with Crippen LogP contribution in [0.5, 0.6) is 0 Å². The van der Waals surface area contributed by atoms with E-state index in [2.05, 4.69) is 31.2 Å². The van der Waals surface area contributed by atoms with E-state index in [-0.39, 0.29) is 6.04 Å². The van der Waals surface area contributed by atoms with Gasteiger partial charge in [0.15, 0.2) is 0 Å². The molecule has 0 saturated carbocycles. The van der Waals surface area contributed by atoms with Crippen molar-refractivity contribution < 1.29 is 4.74 Å². The molecule has 0 aliphatic carbocycles. The van der Waals surface area contributed by atoms with Gasteiger partial charge in [-0.25, -0.2) is 4.98 Å². The number of methoxy groups -OCH3 is 1. The Labute approximate surface area is 131 Å². The first-order valence-electron chi connectivity index (χ1n) is 7.50. The standard InChI is InChI=1S/C17H24N2OS/c1-3-15(18)12-14-11-13-7-4-5-8-16(13)19-17(14)21-10-6-9-20-2/h4-5,7-8,11,15H,3,6,9-10,12,18H2,1-2H3. The van der Waals surface area contributed by atoms with E-state index in [4.69, 9.17) is 15.5 Å². The Morgan fingerprint density at radius 1 is 1.33 bits per heavy atom. The maximum absolute atomic E-state index is 6.14. The largest absolute Gasteiger partial charge is 0.385 e. The lowest BCUT2D eigenvalue weighted by Gasteiger charge is -2.14. The van der Waals surface area contributed by atoms with E-state index in [0.717, 1.165) is 42.2 Å². The van der Waals surface area contributed by atoms with Crippen molar-refractivity contribution in [1.29, 1.82) is 0 Å². The molecular formula is C17H24N2OS. The molecule has 3 nitrogen and oxygen atoms in total. The summed E-state index contributed by atoms with van der Waals surface area (Å²) in [5, 5.41) is 2.31. The van der Waals surface area contributed by atoms with Crippen LogP contribution in [-0.4, -0.2) is 30.5 Å². The van der Waals surface area contributed by atoms with Gasteiger partial charge in [-0.3, -0.25) is 0 Å². The Kier molecular flexibility index (Phi) is 6.49. The van der Waals surface area contributed by atoms with E-state index >= 15 is 0 Å². The lowest BCUT2D eigenvalue weighted by Crippen LogP contribution is -2.22. The Hall–Kier alpha value is -1.10. The van der Waals surface area contributed by atoms with Crippen LogP contribution in [0.25, 0.3) is 10.9 Å². The number of hydrogen-bond acceptors (Lipinski definition) is 4.